The molecule has 1 aliphatic rings. The molecular weight excluding hydrogens is 412 g/mol. The summed E-state index contributed by atoms with van der Waals surface area (Å²) in [5.41, 5.74) is 2.11. The number of amides is 1. The normalized spacial score (nSPS) is 13.9. The van der Waals surface area contributed by atoms with Gasteiger partial charge in [-0.25, -0.2) is 9.97 Å². The number of methoxy groups -OCH3 is 1. The van der Waals surface area contributed by atoms with Gasteiger partial charge in [0.1, 0.15) is 22.3 Å². The van der Waals surface area contributed by atoms with Gasteiger partial charge in [-0.2, -0.15) is 0 Å². The van der Waals surface area contributed by atoms with Crippen molar-refractivity contribution < 1.29 is 14.3 Å². The quantitative estimate of drug-likeness (QED) is 0.586. The molecule has 0 atom stereocenters. The Balaban J connectivity index is 1.28. The van der Waals surface area contributed by atoms with Crippen LogP contribution in [0.15, 0.2) is 42.6 Å². The molecule has 2 aromatic heterocycles. The smallest absolute Gasteiger partial charge is 0.260 e. The maximum atomic E-state index is 12.5. The van der Waals surface area contributed by atoms with E-state index in [9.17, 15) is 4.79 Å². The molecule has 7 nitrogen and oxygen atoms in total. The van der Waals surface area contributed by atoms with Crippen LogP contribution in [-0.4, -0.2) is 60.7 Å². The topological polar surface area (TPSA) is 67.8 Å². The van der Waals surface area contributed by atoms with Crippen LogP contribution in [0.4, 0.5) is 5.82 Å². The Morgan fingerprint density at radius 2 is 1.74 bits per heavy atom. The first kappa shape index (κ1) is 21.1. The van der Waals surface area contributed by atoms with Crippen LogP contribution in [0, 0.1) is 13.8 Å². The van der Waals surface area contributed by atoms with Gasteiger partial charge in [0, 0.05) is 42.8 Å². The van der Waals surface area contributed by atoms with E-state index < -0.39 is 0 Å². The molecule has 0 unspecified atom stereocenters. The zero-order chi connectivity index (χ0) is 21.8. The predicted molar refractivity (Wildman–Crippen MR) is 122 cm³/mol. The second-order valence-corrected chi connectivity index (χ2v) is 8.60. The molecule has 0 saturated carbocycles. The lowest BCUT2D eigenvalue weighted by molar-refractivity contribution is -0.133. The van der Waals surface area contributed by atoms with Gasteiger partial charge in [0.25, 0.3) is 5.91 Å². The fraction of sp³-hybridized carbons (Fsp3) is 0.348. The Morgan fingerprint density at radius 1 is 1.03 bits per heavy atom. The number of piperazine rings is 1. The Labute approximate surface area is 186 Å². The third kappa shape index (κ3) is 4.96. The molecule has 1 amide bonds. The van der Waals surface area contributed by atoms with Crippen LogP contribution < -0.4 is 14.4 Å². The summed E-state index contributed by atoms with van der Waals surface area (Å²) in [6.45, 7) is 6.94. The molecule has 4 rings (SSSR count). The summed E-state index contributed by atoms with van der Waals surface area (Å²) in [4.78, 5) is 27.0. The highest BCUT2D eigenvalue weighted by Gasteiger charge is 2.22. The molecule has 8 heteroatoms. The number of hydrogen-bond donors (Lipinski definition) is 0. The van der Waals surface area contributed by atoms with Crippen molar-refractivity contribution in [2.45, 2.75) is 13.8 Å². The van der Waals surface area contributed by atoms with E-state index in [1.807, 2.05) is 36.2 Å². The van der Waals surface area contributed by atoms with E-state index in [4.69, 9.17) is 9.47 Å². The number of thiazole rings is 1. The number of nitrogens with zero attached hydrogens (tertiary/aromatic N) is 4. The van der Waals surface area contributed by atoms with Gasteiger partial charge in [-0.3, -0.25) is 4.79 Å². The maximum absolute atomic E-state index is 12.5. The SMILES string of the molecule is COc1ccc(OCC(=O)N2CCN(c3ccc(-c4nc(C)c(C)s4)cn3)CC2)cc1. The van der Waals surface area contributed by atoms with Gasteiger partial charge in [-0.1, -0.05) is 0 Å². The monoisotopic (exact) mass is 438 g/mol. The number of benzene rings is 1. The average molecular weight is 439 g/mol. The van der Waals surface area contributed by atoms with Crippen LogP contribution in [0.1, 0.15) is 10.6 Å². The highest BCUT2D eigenvalue weighted by molar-refractivity contribution is 7.15. The number of carbonyl (C=O) groups excluding carboxylic acids is 1. The minimum atomic E-state index is -0.00622. The minimum Gasteiger partial charge on any atom is -0.497 e. The van der Waals surface area contributed by atoms with Crippen molar-refractivity contribution in [3.05, 3.63) is 53.2 Å². The summed E-state index contributed by atoms with van der Waals surface area (Å²) >= 11 is 1.69. The third-order valence-corrected chi connectivity index (χ3v) is 6.52. The number of aryl methyl sites for hydroxylation is 2. The predicted octanol–water partition coefficient (Wildman–Crippen LogP) is 3.56. The third-order valence-electron chi connectivity index (χ3n) is 5.40. The van der Waals surface area contributed by atoms with Crippen LogP contribution in [0.25, 0.3) is 10.6 Å². The summed E-state index contributed by atoms with van der Waals surface area (Å²) in [5, 5.41) is 1.00. The zero-order valence-corrected chi connectivity index (χ0v) is 18.8. The maximum Gasteiger partial charge on any atom is 0.260 e. The van der Waals surface area contributed by atoms with Crippen LogP contribution in [0.5, 0.6) is 11.5 Å². The van der Waals surface area contributed by atoms with Crippen molar-refractivity contribution in [3.63, 3.8) is 0 Å². The first-order chi connectivity index (χ1) is 15.0. The van der Waals surface area contributed by atoms with E-state index in [0.717, 1.165) is 40.9 Å². The first-order valence-corrected chi connectivity index (χ1v) is 11.0. The molecule has 162 valence electrons. The lowest BCUT2D eigenvalue weighted by Gasteiger charge is -2.35. The van der Waals surface area contributed by atoms with E-state index >= 15 is 0 Å². The van der Waals surface area contributed by atoms with Gasteiger partial charge < -0.3 is 19.3 Å². The summed E-state index contributed by atoms with van der Waals surface area (Å²) in [6.07, 6.45) is 1.88. The van der Waals surface area contributed by atoms with E-state index in [0.29, 0.717) is 18.8 Å². The highest BCUT2D eigenvalue weighted by Crippen LogP contribution is 2.28. The molecular formula is C23H26N4O3S. The Morgan fingerprint density at radius 3 is 2.32 bits per heavy atom. The number of aromatic nitrogens is 2. The van der Waals surface area contributed by atoms with Crippen molar-refractivity contribution in [2.24, 2.45) is 0 Å². The lowest BCUT2D eigenvalue weighted by Crippen LogP contribution is -2.50. The molecule has 1 saturated heterocycles. The molecule has 1 aliphatic heterocycles. The lowest BCUT2D eigenvalue weighted by atomic mass is 10.2. The molecule has 0 radical (unpaired) electrons. The van der Waals surface area contributed by atoms with E-state index in [1.54, 1.807) is 30.6 Å². The van der Waals surface area contributed by atoms with Crippen LogP contribution in [0.3, 0.4) is 0 Å². The number of ether oxygens (including phenoxy) is 2. The van der Waals surface area contributed by atoms with Gasteiger partial charge in [0.2, 0.25) is 0 Å². The second kappa shape index (κ2) is 9.34. The number of anilines is 1. The Bertz CT molecular complexity index is 1010. The van der Waals surface area contributed by atoms with Gasteiger partial charge >= 0.3 is 0 Å². The van der Waals surface area contributed by atoms with Crippen LogP contribution in [0.2, 0.25) is 0 Å². The molecule has 1 fully saturated rings. The number of hydrogen-bond acceptors (Lipinski definition) is 7. The Hall–Kier alpha value is -3.13. The summed E-state index contributed by atoms with van der Waals surface area (Å²) in [6, 6.07) is 11.3. The summed E-state index contributed by atoms with van der Waals surface area (Å²) < 4.78 is 10.7. The van der Waals surface area contributed by atoms with Crippen molar-refractivity contribution in [1.29, 1.82) is 0 Å². The molecule has 0 spiro atoms. The van der Waals surface area contributed by atoms with E-state index in [-0.39, 0.29) is 12.5 Å². The summed E-state index contributed by atoms with van der Waals surface area (Å²) in [7, 11) is 1.62. The average Bonchev–Trinajstić information content (AvgIpc) is 3.16. The number of pyridine rings is 1. The van der Waals surface area contributed by atoms with Crippen LogP contribution in [-0.2, 0) is 4.79 Å². The van der Waals surface area contributed by atoms with Crippen LogP contribution >= 0.6 is 11.3 Å². The number of rotatable bonds is 6. The second-order valence-electron chi connectivity index (χ2n) is 7.40. The van der Waals surface area contributed by atoms with Crippen molar-refractivity contribution in [3.8, 4) is 22.1 Å². The number of carbonyl (C=O) groups is 1. The first-order valence-electron chi connectivity index (χ1n) is 10.2. The van der Waals surface area contributed by atoms with Crippen molar-refractivity contribution >= 4 is 23.1 Å². The molecule has 3 aromatic rings. The molecule has 1 aromatic carbocycles. The molecule has 0 aliphatic carbocycles. The molecule has 3 heterocycles. The largest absolute Gasteiger partial charge is 0.497 e. The molecule has 0 bridgehead atoms. The van der Waals surface area contributed by atoms with Gasteiger partial charge in [0.05, 0.1) is 12.8 Å². The van der Waals surface area contributed by atoms with Crippen molar-refractivity contribution in [1.82, 2.24) is 14.9 Å². The van der Waals surface area contributed by atoms with E-state index in [1.165, 1.54) is 4.88 Å². The Kier molecular flexibility index (Phi) is 6.36. The zero-order valence-electron chi connectivity index (χ0n) is 18.0. The van der Waals surface area contributed by atoms with Gasteiger partial charge in [-0.05, 0) is 50.2 Å². The fourth-order valence-corrected chi connectivity index (χ4v) is 4.29. The van der Waals surface area contributed by atoms with Gasteiger partial charge in [-0.15, -0.1) is 11.3 Å². The standard InChI is InChI=1S/C23H26N4O3S/c1-16-17(2)31-23(25-16)18-4-9-21(24-14-18)26-10-12-27(13-11-26)22(28)15-30-20-7-5-19(29-3)6-8-20/h4-9,14H,10-13,15H2,1-3H3. The fourth-order valence-electron chi connectivity index (χ4n) is 3.39. The highest BCUT2D eigenvalue weighted by atomic mass is 32.1. The molecule has 0 N–H and O–H groups in total. The van der Waals surface area contributed by atoms with Crippen molar-refractivity contribution in [2.75, 3.05) is 44.8 Å². The minimum absolute atomic E-state index is 0.00622. The van der Waals surface area contributed by atoms with E-state index in [2.05, 4.69) is 27.9 Å². The summed E-state index contributed by atoms with van der Waals surface area (Å²) in [5.74, 6) is 2.33. The molecule has 31 heavy (non-hydrogen) atoms. The van der Waals surface area contributed by atoms with Gasteiger partial charge in [0.15, 0.2) is 6.61 Å².